The summed E-state index contributed by atoms with van der Waals surface area (Å²) in [6.45, 7) is 1.99. The second-order valence-electron chi connectivity index (χ2n) is 4.49. The molecule has 3 aliphatic rings. The molecule has 3 aliphatic heterocycles. The van der Waals surface area contributed by atoms with Crippen LogP contribution < -0.4 is 0 Å². The highest BCUT2D eigenvalue weighted by Crippen LogP contribution is 2.52. The fraction of sp³-hybridized carbons (Fsp3) is 0.636. The van der Waals surface area contributed by atoms with Gasteiger partial charge in [-0.15, -0.1) is 0 Å². The lowest BCUT2D eigenvalue weighted by molar-refractivity contribution is -0.142. The average molecular weight is 207 g/mol. The topological polar surface area (TPSA) is 46.6 Å². The molecule has 0 N–H and O–H groups in total. The lowest BCUT2D eigenvalue weighted by Crippen LogP contribution is -2.39. The van der Waals surface area contributed by atoms with Gasteiger partial charge in [-0.3, -0.25) is 14.5 Å². The Bertz CT molecular complexity index is 389. The Balaban J connectivity index is 2.10. The van der Waals surface area contributed by atoms with Crippen LogP contribution >= 0.6 is 0 Å². The summed E-state index contributed by atoms with van der Waals surface area (Å²) in [5.41, 5.74) is -0.507. The normalized spacial score (nSPS) is 46.8. The molecule has 4 nitrogen and oxygen atoms in total. The summed E-state index contributed by atoms with van der Waals surface area (Å²) in [7, 11) is 1.56. The molecular weight excluding hydrogens is 194 g/mol. The molecule has 15 heavy (non-hydrogen) atoms. The summed E-state index contributed by atoms with van der Waals surface area (Å²) in [6, 6.07) is 0. The molecule has 80 valence electrons. The number of carbonyl (C=O) groups excluding carboxylic acids is 2. The van der Waals surface area contributed by atoms with E-state index in [0.29, 0.717) is 0 Å². The van der Waals surface area contributed by atoms with Crippen LogP contribution in [0.25, 0.3) is 0 Å². The summed E-state index contributed by atoms with van der Waals surface area (Å²) in [4.78, 5) is 25.0. The first-order chi connectivity index (χ1) is 7.10. The molecule has 0 radical (unpaired) electrons. The summed E-state index contributed by atoms with van der Waals surface area (Å²) in [5.74, 6) is -0.726. The lowest BCUT2D eigenvalue weighted by Gasteiger charge is -2.26. The van der Waals surface area contributed by atoms with Crippen molar-refractivity contribution < 1.29 is 14.3 Å². The zero-order chi connectivity index (χ0) is 10.8. The van der Waals surface area contributed by atoms with Gasteiger partial charge in [0.15, 0.2) is 0 Å². The van der Waals surface area contributed by atoms with Crippen molar-refractivity contribution in [1.29, 1.82) is 0 Å². The van der Waals surface area contributed by atoms with E-state index in [1.165, 1.54) is 4.90 Å². The fourth-order valence-electron chi connectivity index (χ4n) is 3.06. The Kier molecular flexibility index (Phi) is 1.51. The largest absolute Gasteiger partial charge is 0.362 e. The number of hydrogen-bond donors (Lipinski definition) is 0. The Hall–Kier alpha value is -1.16. The third kappa shape index (κ3) is 0.822. The van der Waals surface area contributed by atoms with Gasteiger partial charge in [-0.05, 0) is 6.42 Å². The third-order valence-electron chi connectivity index (χ3n) is 3.93. The van der Waals surface area contributed by atoms with E-state index in [9.17, 15) is 9.59 Å². The van der Waals surface area contributed by atoms with Gasteiger partial charge < -0.3 is 4.74 Å². The van der Waals surface area contributed by atoms with Crippen LogP contribution in [-0.2, 0) is 14.3 Å². The van der Waals surface area contributed by atoms with Crippen LogP contribution in [-0.4, -0.2) is 35.5 Å². The van der Waals surface area contributed by atoms with Crippen LogP contribution in [0.5, 0.6) is 0 Å². The summed E-state index contributed by atoms with van der Waals surface area (Å²) in [6.07, 6.45) is 4.45. The number of rotatable bonds is 1. The maximum atomic E-state index is 11.9. The van der Waals surface area contributed by atoms with Crippen molar-refractivity contribution in [3.05, 3.63) is 12.2 Å². The molecule has 0 aromatic heterocycles. The summed E-state index contributed by atoms with van der Waals surface area (Å²) in [5, 5.41) is 0. The molecule has 0 aromatic carbocycles. The molecule has 4 atom stereocenters. The van der Waals surface area contributed by atoms with Crippen molar-refractivity contribution in [3.63, 3.8) is 0 Å². The smallest absolute Gasteiger partial charge is 0.236 e. The van der Waals surface area contributed by atoms with Crippen molar-refractivity contribution in [2.24, 2.45) is 11.8 Å². The van der Waals surface area contributed by atoms with E-state index in [1.807, 2.05) is 19.1 Å². The quantitative estimate of drug-likeness (QED) is 0.460. The monoisotopic (exact) mass is 207 g/mol. The van der Waals surface area contributed by atoms with Crippen molar-refractivity contribution in [2.45, 2.75) is 25.0 Å². The molecule has 3 rings (SSSR count). The van der Waals surface area contributed by atoms with E-state index >= 15 is 0 Å². The minimum atomic E-state index is -0.507. The molecule has 4 heteroatoms. The molecule has 0 spiro atoms. The molecule has 3 heterocycles. The predicted molar refractivity (Wildman–Crippen MR) is 51.8 cm³/mol. The highest BCUT2D eigenvalue weighted by Gasteiger charge is 2.66. The van der Waals surface area contributed by atoms with Crippen LogP contribution in [0.1, 0.15) is 13.3 Å². The first-order valence-electron chi connectivity index (χ1n) is 5.29. The molecule has 4 unspecified atom stereocenters. The van der Waals surface area contributed by atoms with Crippen LogP contribution in [0, 0.1) is 11.8 Å². The summed E-state index contributed by atoms with van der Waals surface area (Å²) >= 11 is 0. The molecule has 2 saturated heterocycles. The number of likely N-dealkylation sites (tertiary alicyclic amines) is 1. The van der Waals surface area contributed by atoms with Crippen molar-refractivity contribution in [2.75, 3.05) is 7.05 Å². The first-order valence-corrected chi connectivity index (χ1v) is 5.29. The SMILES string of the molecule is CCC12C=CC(O1)C1C(=O)N(C)C(=O)C12. The second kappa shape index (κ2) is 2.50. The van der Waals surface area contributed by atoms with Gasteiger partial charge in [-0.1, -0.05) is 19.1 Å². The van der Waals surface area contributed by atoms with Crippen molar-refractivity contribution in [1.82, 2.24) is 4.90 Å². The van der Waals surface area contributed by atoms with Gasteiger partial charge in [-0.2, -0.15) is 0 Å². The van der Waals surface area contributed by atoms with Gasteiger partial charge in [0.25, 0.3) is 0 Å². The van der Waals surface area contributed by atoms with Crippen LogP contribution in [0.2, 0.25) is 0 Å². The first kappa shape index (κ1) is 9.09. The maximum Gasteiger partial charge on any atom is 0.236 e. The second-order valence-corrected chi connectivity index (χ2v) is 4.49. The number of fused-ring (bicyclic) bond motifs is 5. The van der Waals surface area contributed by atoms with Gasteiger partial charge in [-0.25, -0.2) is 0 Å². The van der Waals surface area contributed by atoms with Gasteiger partial charge in [0, 0.05) is 7.05 Å². The highest BCUT2D eigenvalue weighted by atomic mass is 16.5. The van der Waals surface area contributed by atoms with E-state index in [-0.39, 0.29) is 29.8 Å². The van der Waals surface area contributed by atoms with Crippen LogP contribution in [0.15, 0.2) is 12.2 Å². The zero-order valence-corrected chi connectivity index (χ0v) is 8.77. The van der Waals surface area contributed by atoms with E-state index in [1.54, 1.807) is 7.05 Å². The number of hydrogen-bond acceptors (Lipinski definition) is 3. The number of nitrogens with zero attached hydrogens (tertiary/aromatic N) is 1. The Morgan fingerprint density at radius 1 is 1.47 bits per heavy atom. The fourth-order valence-corrected chi connectivity index (χ4v) is 3.06. The Morgan fingerprint density at radius 3 is 2.87 bits per heavy atom. The Labute approximate surface area is 87.9 Å². The Morgan fingerprint density at radius 2 is 2.20 bits per heavy atom. The van der Waals surface area contributed by atoms with Gasteiger partial charge in [0.05, 0.1) is 23.5 Å². The van der Waals surface area contributed by atoms with Gasteiger partial charge >= 0.3 is 0 Å². The third-order valence-corrected chi connectivity index (χ3v) is 3.93. The molecule has 2 amide bonds. The van der Waals surface area contributed by atoms with E-state index < -0.39 is 5.60 Å². The molecule has 0 saturated carbocycles. The minimum Gasteiger partial charge on any atom is -0.362 e. The molecule has 2 bridgehead atoms. The number of amides is 2. The van der Waals surface area contributed by atoms with Crippen molar-refractivity contribution in [3.8, 4) is 0 Å². The number of carbonyl (C=O) groups is 2. The lowest BCUT2D eigenvalue weighted by atomic mass is 9.76. The van der Waals surface area contributed by atoms with E-state index in [4.69, 9.17) is 4.74 Å². The molecule has 0 aliphatic carbocycles. The zero-order valence-electron chi connectivity index (χ0n) is 8.77. The van der Waals surface area contributed by atoms with E-state index in [0.717, 1.165) is 6.42 Å². The number of imide groups is 1. The standard InChI is InChI=1S/C11H13NO3/c1-3-11-5-4-6(15-11)7-8(11)10(14)12(2)9(7)13/h4-8H,3H2,1-2H3. The maximum absolute atomic E-state index is 11.9. The van der Waals surface area contributed by atoms with Gasteiger partial charge in [0.2, 0.25) is 11.8 Å². The molecular formula is C11H13NO3. The van der Waals surface area contributed by atoms with E-state index in [2.05, 4.69) is 0 Å². The predicted octanol–water partition coefficient (Wildman–Crippen LogP) is 0.335. The highest BCUT2D eigenvalue weighted by molar-refractivity contribution is 6.06. The molecule has 2 fully saturated rings. The molecule has 0 aromatic rings. The van der Waals surface area contributed by atoms with Crippen molar-refractivity contribution >= 4 is 11.8 Å². The average Bonchev–Trinajstić information content (AvgIpc) is 2.86. The van der Waals surface area contributed by atoms with Gasteiger partial charge in [0.1, 0.15) is 0 Å². The van der Waals surface area contributed by atoms with Crippen LogP contribution in [0.3, 0.4) is 0 Å². The summed E-state index contributed by atoms with van der Waals surface area (Å²) < 4.78 is 5.79. The minimum absolute atomic E-state index is 0.0845. The van der Waals surface area contributed by atoms with Crippen LogP contribution in [0.4, 0.5) is 0 Å². The number of ether oxygens (including phenoxy) is 1.